The summed E-state index contributed by atoms with van der Waals surface area (Å²) in [6, 6.07) is 11.6. The number of methoxy groups -OCH3 is 3. The maximum absolute atomic E-state index is 12.3. The summed E-state index contributed by atoms with van der Waals surface area (Å²) in [5.74, 6) is -0.473. The number of carbonyl (C=O) groups excluding carboxylic acids is 2. The van der Waals surface area contributed by atoms with Gasteiger partial charge in [0.25, 0.3) is 11.7 Å². The molecule has 0 bridgehead atoms. The van der Waals surface area contributed by atoms with Crippen LogP contribution >= 0.6 is 0 Å². The van der Waals surface area contributed by atoms with Crippen molar-refractivity contribution in [3.05, 3.63) is 48.0 Å². The number of benzene rings is 2. The Bertz CT molecular complexity index is 687. The molecule has 23 heavy (non-hydrogen) atoms. The second kappa shape index (κ2) is 7.31. The van der Waals surface area contributed by atoms with E-state index in [1.807, 2.05) is 6.07 Å². The topological polar surface area (TPSA) is 73.9 Å². The molecular weight excluding hydrogens is 298 g/mol. The van der Waals surface area contributed by atoms with Gasteiger partial charge in [0.2, 0.25) is 5.75 Å². The van der Waals surface area contributed by atoms with Gasteiger partial charge in [-0.2, -0.15) is 0 Å². The maximum Gasteiger partial charge on any atom is 0.296 e. The van der Waals surface area contributed by atoms with Crippen molar-refractivity contribution in [3.63, 3.8) is 0 Å². The van der Waals surface area contributed by atoms with Crippen LogP contribution in [0.3, 0.4) is 0 Å². The lowest BCUT2D eigenvalue weighted by Crippen LogP contribution is -2.23. The largest absolute Gasteiger partial charge is 0.493 e. The van der Waals surface area contributed by atoms with E-state index < -0.39 is 11.7 Å². The zero-order valence-corrected chi connectivity index (χ0v) is 13.1. The van der Waals surface area contributed by atoms with Crippen LogP contribution in [0.4, 0.5) is 5.69 Å². The molecule has 0 fully saturated rings. The number of para-hydroxylation sites is 1. The van der Waals surface area contributed by atoms with E-state index in [0.29, 0.717) is 22.9 Å². The lowest BCUT2D eigenvalue weighted by atomic mass is 10.1. The molecule has 0 saturated carbocycles. The summed E-state index contributed by atoms with van der Waals surface area (Å²) in [5.41, 5.74) is 0.686. The third-order valence-electron chi connectivity index (χ3n) is 3.16. The van der Waals surface area contributed by atoms with Gasteiger partial charge in [-0.1, -0.05) is 18.2 Å². The highest BCUT2D eigenvalue weighted by Crippen LogP contribution is 2.38. The number of ether oxygens (including phenoxy) is 3. The van der Waals surface area contributed by atoms with Crippen molar-refractivity contribution < 1.29 is 23.8 Å². The number of amides is 1. The Kier molecular flexibility index (Phi) is 5.19. The first-order chi connectivity index (χ1) is 11.1. The lowest BCUT2D eigenvalue weighted by Gasteiger charge is -2.13. The Labute approximate surface area is 134 Å². The standard InChI is InChI=1S/C17H17NO5/c1-21-13-9-11(10-14(22-2)16(13)23-3)15(19)17(20)18-12-7-5-4-6-8-12/h4-10H,1-3H3,(H,18,20). The number of hydrogen-bond acceptors (Lipinski definition) is 5. The van der Waals surface area contributed by atoms with E-state index in [-0.39, 0.29) is 5.56 Å². The highest BCUT2D eigenvalue weighted by molar-refractivity contribution is 6.46. The van der Waals surface area contributed by atoms with Gasteiger partial charge < -0.3 is 19.5 Å². The fourth-order valence-electron chi connectivity index (χ4n) is 2.05. The molecule has 1 N–H and O–H groups in total. The number of nitrogens with one attached hydrogen (secondary N) is 1. The van der Waals surface area contributed by atoms with Crippen LogP contribution in [0.1, 0.15) is 10.4 Å². The van der Waals surface area contributed by atoms with E-state index in [0.717, 1.165) is 0 Å². The van der Waals surface area contributed by atoms with Crippen molar-refractivity contribution in [1.29, 1.82) is 0 Å². The number of hydrogen-bond donors (Lipinski definition) is 1. The minimum Gasteiger partial charge on any atom is -0.493 e. The molecule has 0 unspecified atom stereocenters. The molecule has 6 nitrogen and oxygen atoms in total. The monoisotopic (exact) mass is 315 g/mol. The second-order valence-corrected chi connectivity index (χ2v) is 4.56. The maximum atomic E-state index is 12.3. The average molecular weight is 315 g/mol. The van der Waals surface area contributed by atoms with Gasteiger partial charge in [0.05, 0.1) is 21.3 Å². The van der Waals surface area contributed by atoms with E-state index in [1.54, 1.807) is 24.3 Å². The molecule has 0 atom stereocenters. The van der Waals surface area contributed by atoms with Crippen LogP contribution in [0, 0.1) is 0 Å². The second-order valence-electron chi connectivity index (χ2n) is 4.56. The third kappa shape index (κ3) is 3.60. The van der Waals surface area contributed by atoms with E-state index >= 15 is 0 Å². The van der Waals surface area contributed by atoms with Gasteiger partial charge in [0, 0.05) is 11.3 Å². The zero-order chi connectivity index (χ0) is 16.8. The van der Waals surface area contributed by atoms with Crippen molar-refractivity contribution in [2.45, 2.75) is 0 Å². The first kappa shape index (κ1) is 16.4. The normalized spacial score (nSPS) is 9.87. The van der Waals surface area contributed by atoms with E-state index in [4.69, 9.17) is 14.2 Å². The summed E-state index contributed by atoms with van der Waals surface area (Å²) in [6.45, 7) is 0. The fraction of sp³-hybridized carbons (Fsp3) is 0.176. The number of carbonyl (C=O) groups is 2. The molecule has 1 amide bonds. The Balaban J connectivity index is 2.30. The van der Waals surface area contributed by atoms with Crippen LogP contribution < -0.4 is 19.5 Å². The number of rotatable bonds is 6. The Hall–Kier alpha value is -3.02. The van der Waals surface area contributed by atoms with Gasteiger partial charge in [-0.25, -0.2) is 0 Å². The zero-order valence-electron chi connectivity index (χ0n) is 13.1. The number of Topliss-reactive ketones (excluding diaryl/α,β-unsaturated/α-hetero) is 1. The van der Waals surface area contributed by atoms with Crippen LogP contribution in [-0.2, 0) is 4.79 Å². The summed E-state index contributed by atoms with van der Waals surface area (Å²) >= 11 is 0. The number of anilines is 1. The molecule has 2 rings (SSSR count). The summed E-state index contributed by atoms with van der Waals surface area (Å²) in [6.07, 6.45) is 0. The summed E-state index contributed by atoms with van der Waals surface area (Å²) in [5, 5.41) is 2.54. The van der Waals surface area contributed by atoms with Gasteiger partial charge in [-0.3, -0.25) is 9.59 Å². The predicted molar refractivity (Wildman–Crippen MR) is 85.5 cm³/mol. The summed E-state index contributed by atoms with van der Waals surface area (Å²) < 4.78 is 15.5. The molecule has 6 heteroatoms. The molecule has 0 spiro atoms. The van der Waals surface area contributed by atoms with Gasteiger partial charge >= 0.3 is 0 Å². The Morgan fingerprint density at radius 3 is 1.91 bits per heavy atom. The SMILES string of the molecule is COc1cc(C(=O)C(=O)Nc2ccccc2)cc(OC)c1OC. The lowest BCUT2D eigenvalue weighted by molar-refractivity contribution is -0.112. The summed E-state index contributed by atoms with van der Waals surface area (Å²) in [4.78, 5) is 24.4. The minimum atomic E-state index is -0.745. The average Bonchev–Trinajstić information content (AvgIpc) is 2.60. The minimum absolute atomic E-state index is 0.146. The molecule has 0 saturated heterocycles. The summed E-state index contributed by atoms with van der Waals surface area (Å²) in [7, 11) is 4.34. The first-order valence-corrected chi connectivity index (χ1v) is 6.81. The van der Waals surface area contributed by atoms with E-state index in [9.17, 15) is 9.59 Å². The van der Waals surface area contributed by atoms with Crippen LogP contribution in [0.5, 0.6) is 17.2 Å². The molecule has 2 aromatic rings. The van der Waals surface area contributed by atoms with Crippen molar-refractivity contribution >= 4 is 17.4 Å². The molecule has 0 radical (unpaired) electrons. The quantitative estimate of drug-likeness (QED) is 0.655. The molecule has 0 heterocycles. The number of ketones is 1. The van der Waals surface area contributed by atoms with Crippen LogP contribution in [0.2, 0.25) is 0 Å². The molecule has 0 aliphatic rings. The van der Waals surface area contributed by atoms with E-state index in [2.05, 4.69) is 5.32 Å². The van der Waals surface area contributed by atoms with Crippen LogP contribution in [-0.4, -0.2) is 33.0 Å². The van der Waals surface area contributed by atoms with Gasteiger partial charge in [0.15, 0.2) is 11.5 Å². The van der Waals surface area contributed by atoms with Crippen molar-refractivity contribution in [2.75, 3.05) is 26.6 Å². The Morgan fingerprint density at radius 1 is 0.870 bits per heavy atom. The Morgan fingerprint density at radius 2 is 1.43 bits per heavy atom. The van der Waals surface area contributed by atoms with Gasteiger partial charge in [-0.15, -0.1) is 0 Å². The first-order valence-electron chi connectivity index (χ1n) is 6.81. The van der Waals surface area contributed by atoms with Crippen LogP contribution in [0.25, 0.3) is 0 Å². The van der Waals surface area contributed by atoms with Crippen molar-refractivity contribution in [1.82, 2.24) is 0 Å². The molecule has 120 valence electrons. The molecule has 0 aromatic heterocycles. The van der Waals surface area contributed by atoms with E-state index in [1.165, 1.54) is 33.5 Å². The van der Waals surface area contributed by atoms with Gasteiger partial charge in [-0.05, 0) is 24.3 Å². The van der Waals surface area contributed by atoms with Crippen molar-refractivity contribution in [2.24, 2.45) is 0 Å². The predicted octanol–water partition coefficient (Wildman–Crippen LogP) is 2.53. The fourth-order valence-corrected chi connectivity index (χ4v) is 2.05. The molecule has 0 aliphatic carbocycles. The van der Waals surface area contributed by atoms with Crippen LogP contribution in [0.15, 0.2) is 42.5 Å². The smallest absolute Gasteiger partial charge is 0.296 e. The molecule has 0 aliphatic heterocycles. The molecular formula is C17H17NO5. The van der Waals surface area contributed by atoms with Gasteiger partial charge in [0.1, 0.15) is 0 Å². The highest BCUT2D eigenvalue weighted by atomic mass is 16.5. The molecule has 2 aromatic carbocycles. The third-order valence-corrected chi connectivity index (χ3v) is 3.16. The highest BCUT2D eigenvalue weighted by Gasteiger charge is 2.21. The van der Waals surface area contributed by atoms with Crippen molar-refractivity contribution in [3.8, 4) is 17.2 Å².